The summed E-state index contributed by atoms with van der Waals surface area (Å²) in [6.45, 7) is 0. The van der Waals surface area contributed by atoms with Crippen LogP contribution < -0.4 is 4.46 Å². The van der Waals surface area contributed by atoms with Crippen LogP contribution in [0.2, 0.25) is 4.82 Å². The van der Waals surface area contributed by atoms with Crippen LogP contribution in [0.1, 0.15) is 0 Å². The van der Waals surface area contributed by atoms with Crippen molar-refractivity contribution in [3.8, 4) is 0 Å². The molecule has 1 nitrogen and oxygen atoms in total. The average Bonchev–Trinajstić information content (AvgIpc) is 2.30. The Kier molecular flexibility index (Phi) is 3.92. The number of rotatable bonds is 2. The first kappa shape index (κ1) is 11.1. The van der Waals surface area contributed by atoms with Gasteiger partial charge in [0.15, 0.2) is 0 Å². The van der Waals surface area contributed by atoms with Gasteiger partial charge in [0.25, 0.3) is 0 Å². The maximum atomic E-state index is 11.8. The van der Waals surface area contributed by atoms with Gasteiger partial charge in [0.2, 0.25) is 0 Å². The number of hydrogen-bond acceptors (Lipinski definition) is 1. The first-order chi connectivity index (χ1) is 7.86. The molecule has 0 fully saturated rings. The molecule has 2 rings (SSSR count). The van der Waals surface area contributed by atoms with E-state index in [0.29, 0.717) is 0 Å². The van der Waals surface area contributed by atoms with E-state index in [1.807, 2.05) is 42.5 Å². The van der Waals surface area contributed by atoms with E-state index in [-0.39, 0.29) is 25.6 Å². The molecule has 80 valence electrons. The van der Waals surface area contributed by atoms with Gasteiger partial charge in [-0.15, -0.1) is 0 Å². The quantitative estimate of drug-likeness (QED) is 0.755. The number of allylic oxidation sites excluding steroid dienone is 6. The van der Waals surface area contributed by atoms with E-state index in [1.165, 1.54) is 4.46 Å². The molecule has 1 aromatic carbocycles. The molecular formula is C14H12OSe. The molecule has 2 heteroatoms. The van der Waals surface area contributed by atoms with E-state index in [9.17, 15) is 4.79 Å². The Balaban J connectivity index is 2.14. The second-order valence-corrected chi connectivity index (χ2v) is 5.93. The van der Waals surface area contributed by atoms with Gasteiger partial charge >= 0.3 is 102 Å². The molecule has 1 unspecified atom stereocenters. The van der Waals surface area contributed by atoms with Gasteiger partial charge in [-0.2, -0.15) is 0 Å². The SMILES string of the molecule is O=C1C=CC=CC=CC1[Se]c1ccccc1. The maximum absolute atomic E-state index is 11.8. The van der Waals surface area contributed by atoms with Crippen molar-refractivity contribution in [2.75, 3.05) is 0 Å². The molecule has 0 saturated heterocycles. The Bertz CT molecular complexity index is 443. The summed E-state index contributed by atoms with van der Waals surface area (Å²) < 4.78 is 1.26. The summed E-state index contributed by atoms with van der Waals surface area (Å²) in [5, 5.41) is 0. The summed E-state index contributed by atoms with van der Waals surface area (Å²) in [7, 11) is 0. The molecule has 1 aliphatic carbocycles. The van der Waals surface area contributed by atoms with Gasteiger partial charge < -0.3 is 0 Å². The first-order valence-corrected chi connectivity index (χ1v) is 6.98. The zero-order chi connectivity index (χ0) is 11.2. The molecule has 16 heavy (non-hydrogen) atoms. The summed E-state index contributed by atoms with van der Waals surface area (Å²) >= 11 is 0.171. The summed E-state index contributed by atoms with van der Waals surface area (Å²) in [5.74, 6) is 0.199. The summed E-state index contributed by atoms with van der Waals surface area (Å²) in [4.78, 5) is 11.8. The molecule has 0 N–H and O–H groups in total. The molecule has 0 amide bonds. The van der Waals surface area contributed by atoms with Crippen molar-refractivity contribution in [1.29, 1.82) is 0 Å². The van der Waals surface area contributed by atoms with Crippen LogP contribution in [-0.2, 0) is 4.79 Å². The number of hydrogen-bond donors (Lipinski definition) is 0. The van der Waals surface area contributed by atoms with Crippen molar-refractivity contribution in [1.82, 2.24) is 0 Å². The van der Waals surface area contributed by atoms with Gasteiger partial charge in [-0.25, -0.2) is 0 Å². The third-order valence-electron chi connectivity index (χ3n) is 2.17. The topological polar surface area (TPSA) is 17.1 Å². The van der Waals surface area contributed by atoms with Crippen LogP contribution in [0.5, 0.6) is 0 Å². The zero-order valence-corrected chi connectivity index (χ0v) is 10.5. The monoisotopic (exact) mass is 276 g/mol. The fraction of sp³-hybridized carbons (Fsp3) is 0.0714. The third kappa shape index (κ3) is 3.06. The van der Waals surface area contributed by atoms with Gasteiger partial charge in [0, 0.05) is 0 Å². The molecule has 0 aromatic heterocycles. The fourth-order valence-electron chi connectivity index (χ4n) is 1.38. The molecule has 0 radical (unpaired) electrons. The van der Waals surface area contributed by atoms with Crippen LogP contribution in [0, 0.1) is 0 Å². The third-order valence-corrected chi connectivity index (χ3v) is 4.66. The standard InChI is InChI=1S/C14H12OSe/c15-13-10-6-1-2-7-11-14(13)16-12-8-4-3-5-9-12/h1-11,14H. The Morgan fingerprint density at radius 1 is 0.938 bits per heavy atom. The van der Waals surface area contributed by atoms with Crippen molar-refractivity contribution < 1.29 is 4.79 Å². The van der Waals surface area contributed by atoms with Gasteiger partial charge in [-0.3, -0.25) is 0 Å². The Labute approximate surface area is 102 Å². The molecule has 1 atom stereocenters. The predicted molar refractivity (Wildman–Crippen MR) is 68.0 cm³/mol. The molecule has 0 aliphatic heterocycles. The first-order valence-electron chi connectivity index (χ1n) is 5.13. The van der Waals surface area contributed by atoms with Crippen molar-refractivity contribution in [2.45, 2.75) is 4.82 Å². The Morgan fingerprint density at radius 2 is 1.69 bits per heavy atom. The zero-order valence-electron chi connectivity index (χ0n) is 8.74. The number of benzene rings is 1. The fourth-order valence-corrected chi connectivity index (χ4v) is 3.41. The van der Waals surface area contributed by atoms with Crippen LogP contribution in [-0.4, -0.2) is 20.7 Å². The molecule has 0 heterocycles. The second-order valence-electron chi connectivity index (χ2n) is 3.38. The molecule has 1 aromatic rings. The van der Waals surface area contributed by atoms with E-state index in [1.54, 1.807) is 12.2 Å². The molecule has 0 spiro atoms. The van der Waals surface area contributed by atoms with Gasteiger partial charge in [0.05, 0.1) is 0 Å². The second kappa shape index (κ2) is 5.64. The van der Waals surface area contributed by atoms with Crippen molar-refractivity contribution >= 4 is 25.2 Å². The van der Waals surface area contributed by atoms with E-state index in [2.05, 4.69) is 12.1 Å². The van der Waals surface area contributed by atoms with Gasteiger partial charge in [-0.1, -0.05) is 0 Å². The van der Waals surface area contributed by atoms with Crippen LogP contribution in [0.25, 0.3) is 0 Å². The number of ketones is 1. The van der Waals surface area contributed by atoms with Crippen molar-refractivity contribution in [3.63, 3.8) is 0 Å². The molecular weight excluding hydrogens is 263 g/mol. The predicted octanol–water partition coefficient (Wildman–Crippen LogP) is 2.06. The minimum absolute atomic E-state index is 0.0242. The number of carbonyl (C=O) groups excluding carboxylic acids is 1. The molecule has 0 bridgehead atoms. The van der Waals surface area contributed by atoms with E-state index in [4.69, 9.17) is 0 Å². The van der Waals surface area contributed by atoms with Crippen molar-refractivity contribution in [2.24, 2.45) is 0 Å². The average molecular weight is 275 g/mol. The minimum atomic E-state index is 0.0242. The van der Waals surface area contributed by atoms with E-state index >= 15 is 0 Å². The Morgan fingerprint density at radius 3 is 2.50 bits per heavy atom. The van der Waals surface area contributed by atoms with Crippen LogP contribution >= 0.6 is 0 Å². The molecule has 1 aliphatic rings. The molecule has 0 saturated carbocycles. The van der Waals surface area contributed by atoms with E-state index < -0.39 is 0 Å². The van der Waals surface area contributed by atoms with Gasteiger partial charge in [-0.05, 0) is 0 Å². The summed E-state index contributed by atoms with van der Waals surface area (Å²) in [6, 6.07) is 10.2. The summed E-state index contributed by atoms with van der Waals surface area (Å²) in [5.41, 5.74) is 0. The van der Waals surface area contributed by atoms with Crippen LogP contribution in [0.3, 0.4) is 0 Å². The van der Waals surface area contributed by atoms with Gasteiger partial charge in [0.1, 0.15) is 0 Å². The van der Waals surface area contributed by atoms with Crippen LogP contribution in [0.15, 0.2) is 66.8 Å². The van der Waals surface area contributed by atoms with Crippen molar-refractivity contribution in [3.05, 3.63) is 66.8 Å². The van der Waals surface area contributed by atoms with Crippen LogP contribution in [0.4, 0.5) is 0 Å². The Hall–Kier alpha value is -1.37. The summed E-state index contributed by atoms with van der Waals surface area (Å²) in [6.07, 6.45) is 11.2. The normalized spacial score (nSPS) is 19.5. The van der Waals surface area contributed by atoms with E-state index in [0.717, 1.165) is 0 Å². The number of carbonyl (C=O) groups is 1.